The molecule has 1 aliphatic heterocycles. The van der Waals surface area contributed by atoms with Crippen molar-refractivity contribution in [3.8, 4) is 0 Å². The van der Waals surface area contributed by atoms with Crippen molar-refractivity contribution in [2.24, 2.45) is 0 Å². The van der Waals surface area contributed by atoms with Crippen LogP contribution in [-0.2, 0) is 10.7 Å². The van der Waals surface area contributed by atoms with Crippen molar-refractivity contribution in [1.29, 1.82) is 0 Å². The summed E-state index contributed by atoms with van der Waals surface area (Å²) in [7, 11) is 1.55. The third-order valence-corrected chi connectivity index (χ3v) is 5.25. The van der Waals surface area contributed by atoms with Crippen LogP contribution in [0.4, 0.5) is 31.7 Å². The molecule has 4 N–H and O–H groups in total. The number of fused-ring (bicyclic) bond motifs is 1. The minimum Gasteiger partial charge on any atom is -0.382 e. The van der Waals surface area contributed by atoms with Gasteiger partial charge in [-0.3, -0.25) is 9.59 Å². The molecule has 0 saturated heterocycles. The molecule has 1 aromatic heterocycles. The fourth-order valence-corrected chi connectivity index (χ4v) is 3.71. The van der Waals surface area contributed by atoms with E-state index in [2.05, 4.69) is 26.3 Å². The number of halogens is 2. The summed E-state index contributed by atoms with van der Waals surface area (Å²) in [6, 6.07) is 6.21. The highest BCUT2D eigenvalue weighted by Gasteiger charge is 2.48. The molecule has 2 amide bonds. The summed E-state index contributed by atoms with van der Waals surface area (Å²) in [6.07, 6.45) is 5.78. The number of anilines is 4. The van der Waals surface area contributed by atoms with Gasteiger partial charge in [-0.25, -0.2) is 4.98 Å². The number of hydrogen-bond acceptors (Lipinski definition) is 5. The Kier molecular flexibility index (Phi) is 4.81. The van der Waals surface area contributed by atoms with Crippen molar-refractivity contribution in [2.45, 2.75) is 37.6 Å². The highest BCUT2D eigenvalue weighted by Crippen LogP contribution is 2.41. The molecular weight excluding hydrogens is 380 g/mol. The Balaban J connectivity index is 1.61. The molecular formula is C20H21F2N5O2. The Morgan fingerprint density at radius 3 is 2.72 bits per heavy atom. The number of carbonyl (C=O) groups is 2. The van der Waals surface area contributed by atoms with Gasteiger partial charge in [-0.2, -0.15) is 8.78 Å². The number of hydrogen-bond donors (Lipinski definition) is 4. The number of benzene rings is 1. The number of aromatic nitrogens is 1. The summed E-state index contributed by atoms with van der Waals surface area (Å²) in [6.45, 7) is 0. The van der Waals surface area contributed by atoms with Crippen LogP contribution >= 0.6 is 0 Å². The molecule has 0 unspecified atom stereocenters. The molecule has 7 nitrogen and oxygen atoms in total. The van der Waals surface area contributed by atoms with Crippen molar-refractivity contribution in [2.75, 3.05) is 23.0 Å². The van der Waals surface area contributed by atoms with E-state index in [4.69, 9.17) is 0 Å². The molecule has 1 saturated carbocycles. The zero-order valence-electron chi connectivity index (χ0n) is 15.8. The van der Waals surface area contributed by atoms with Crippen LogP contribution in [0.5, 0.6) is 0 Å². The van der Waals surface area contributed by atoms with Gasteiger partial charge in [0.1, 0.15) is 5.82 Å². The number of amides is 2. The SMILES string of the molecule is CNC(=O)c1cnc(Nc2ccc3c(c2)C(F)(F)C(=O)N3)cc1NC1CCCC1. The largest absolute Gasteiger partial charge is 0.382 e. The lowest BCUT2D eigenvalue weighted by Gasteiger charge is -2.18. The van der Waals surface area contributed by atoms with E-state index in [0.29, 0.717) is 22.8 Å². The second kappa shape index (κ2) is 7.31. The quantitative estimate of drug-likeness (QED) is 0.614. The fourth-order valence-electron chi connectivity index (χ4n) is 3.71. The van der Waals surface area contributed by atoms with Gasteiger partial charge in [0.25, 0.3) is 11.8 Å². The lowest BCUT2D eigenvalue weighted by molar-refractivity contribution is -0.139. The maximum absolute atomic E-state index is 14.0. The van der Waals surface area contributed by atoms with Crippen molar-refractivity contribution in [3.63, 3.8) is 0 Å². The Bertz CT molecular complexity index is 973. The van der Waals surface area contributed by atoms with Crippen LogP contribution < -0.4 is 21.3 Å². The molecule has 1 aromatic carbocycles. The third kappa shape index (κ3) is 3.59. The van der Waals surface area contributed by atoms with Gasteiger partial charge in [0.2, 0.25) is 0 Å². The minimum atomic E-state index is -3.57. The monoisotopic (exact) mass is 401 g/mol. The molecule has 1 aliphatic carbocycles. The normalized spacial score (nSPS) is 17.6. The van der Waals surface area contributed by atoms with E-state index >= 15 is 0 Å². The Morgan fingerprint density at radius 2 is 2.00 bits per heavy atom. The molecule has 2 aliphatic rings. The zero-order valence-corrected chi connectivity index (χ0v) is 15.8. The first-order valence-corrected chi connectivity index (χ1v) is 9.48. The van der Waals surface area contributed by atoms with E-state index in [1.165, 1.54) is 18.3 Å². The van der Waals surface area contributed by atoms with Gasteiger partial charge in [-0.05, 0) is 31.0 Å². The first kappa shape index (κ1) is 19.1. The summed E-state index contributed by atoms with van der Waals surface area (Å²) >= 11 is 0. The number of nitrogens with one attached hydrogen (secondary N) is 4. The average molecular weight is 401 g/mol. The summed E-state index contributed by atoms with van der Waals surface area (Å²) in [5, 5.41) is 11.1. The van der Waals surface area contributed by atoms with E-state index in [0.717, 1.165) is 25.7 Å². The predicted molar refractivity (Wildman–Crippen MR) is 106 cm³/mol. The van der Waals surface area contributed by atoms with Crippen molar-refractivity contribution in [1.82, 2.24) is 10.3 Å². The summed E-state index contributed by atoms with van der Waals surface area (Å²) in [5.41, 5.74) is 1.14. The topological polar surface area (TPSA) is 95.2 Å². The molecule has 2 heterocycles. The second-order valence-electron chi connectivity index (χ2n) is 7.23. The van der Waals surface area contributed by atoms with Gasteiger partial charge in [-0.15, -0.1) is 0 Å². The second-order valence-corrected chi connectivity index (χ2v) is 7.23. The lowest BCUT2D eigenvalue weighted by atomic mass is 10.1. The van der Waals surface area contributed by atoms with E-state index in [9.17, 15) is 18.4 Å². The van der Waals surface area contributed by atoms with Crippen LogP contribution in [-0.4, -0.2) is 29.9 Å². The molecule has 1 fully saturated rings. The standard InChI is InChI=1S/C20H21F2N5O2/c1-23-18(28)13-10-24-17(9-16(13)25-11-4-2-3-5-11)26-12-6-7-15-14(8-12)20(21,22)19(29)27-15/h6-11H,2-5H2,1H3,(H,23,28)(H,27,29)(H2,24,25,26). The molecule has 152 valence electrons. The van der Waals surface area contributed by atoms with Crippen molar-refractivity contribution in [3.05, 3.63) is 41.6 Å². The van der Waals surface area contributed by atoms with Gasteiger partial charge in [-0.1, -0.05) is 12.8 Å². The highest BCUT2D eigenvalue weighted by atomic mass is 19.3. The van der Waals surface area contributed by atoms with Crippen molar-refractivity contribution < 1.29 is 18.4 Å². The molecule has 0 bridgehead atoms. The highest BCUT2D eigenvalue weighted by molar-refractivity contribution is 6.04. The molecule has 2 aromatic rings. The van der Waals surface area contributed by atoms with Crippen LogP contribution in [0.2, 0.25) is 0 Å². The van der Waals surface area contributed by atoms with E-state index < -0.39 is 11.8 Å². The first-order chi connectivity index (χ1) is 13.9. The van der Waals surface area contributed by atoms with E-state index in [1.807, 2.05) is 0 Å². The van der Waals surface area contributed by atoms with Gasteiger partial charge in [0.15, 0.2) is 0 Å². The van der Waals surface area contributed by atoms with Gasteiger partial charge in [0.05, 0.1) is 22.5 Å². The van der Waals surface area contributed by atoms with Crippen LogP contribution in [0.3, 0.4) is 0 Å². The average Bonchev–Trinajstić information content (AvgIpc) is 3.28. The Labute approximate surface area is 166 Å². The third-order valence-electron chi connectivity index (χ3n) is 5.25. The van der Waals surface area contributed by atoms with Crippen LogP contribution in [0, 0.1) is 0 Å². The van der Waals surface area contributed by atoms with Gasteiger partial charge >= 0.3 is 5.92 Å². The minimum absolute atomic E-state index is 0.0945. The van der Waals surface area contributed by atoms with Crippen LogP contribution in [0.1, 0.15) is 41.6 Å². The predicted octanol–water partition coefficient (Wildman–Crippen LogP) is 3.58. The Hall–Kier alpha value is -3.23. The molecule has 9 heteroatoms. The Morgan fingerprint density at radius 1 is 1.24 bits per heavy atom. The molecule has 4 rings (SSSR count). The van der Waals surface area contributed by atoms with Crippen LogP contribution in [0.25, 0.3) is 0 Å². The number of pyridine rings is 1. The number of alkyl halides is 2. The van der Waals surface area contributed by atoms with Crippen molar-refractivity contribution >= 4 is 34.7 Å². The van der Waals surface area contributed by atoms with E-state index in [1.54, 1.807) is 19.2 Å². The van der Waals surface area contributed by atoms with Crippen LogP contribution in [0.15, 0.2) is 30.5 Å². The molecule has 29 heavy (non-hydrogen) atoms. The first-order valence-electron chi connectivity index (χ1n) is 9.48. The summed E-state index contributed by atoms with van der Waals surface area (Å²) in [5.74, 6) is -4.76. The maximum atomic E-state index is 14.0. The smallest absolute Gasteiger partial charge is 0.352 e. The van der Waals surface area contributed by atoms with Gasteiger partial charge < -0.3 is 21.3 Å². The molecule has 0 atom stereocenters. The molecule has 0 radical (unpaired) electrons. The summed E-state index contributed by atoms with van der Waals surface area (Å²) < 4.78 is 28.0. The van der Waals surface area contributed by atoms with E-state index in [-0.39, 0.29) is 23.2 Å². The zero-order chi connectivity index (χ0) is 20.6. The number of rotatable bonds is 5. The molecule has 0 spiro atoms. The fraction of sp³-hybridized carbons (Fsp3) is 0.350. The number of nitrogens with zero attached hydrogens (tertiary/aromatic N) is 1. The summed E-state index contributed by atoms with van der Waals surface area (Å²) in [4.78, 5) is 27.8. The lowest BCUT2D eigenvalue weighted by Crippen LogP contribution is -2.23. The maximum Gasteiger partial charge on any atom is 0.352 e. The number of carbonyl (C=O) groups excluding carboxylic acids is 2. The van der Waals surface area contributed by atoms with Gasteiger partial charge in [0, 0.05) is 31.0 Å².